The molecule has 0 amide bonds. The molecule has 56 heavy (non-hydrogen) atoms. The van der Waals surface area contributed by atoms with Crippen molar-refractivity contribution in [2.45, 2.75) is 32.9 Å². The monoisotopic (exact) mass is 763 g/mol. The van der Waals surface area contributed by atoms with Gasteiger partial charge >= 0.3 is 6.18 Å². The van der Waals surface area contributed by atoms with Crippen LogP contribution in [0.15, 0.2) is 179 Å². The van der Waals surface area contributed by atoms with Gasteiger partial charge in [-0.3, -0.25) is 0 Å². The summed E-state index contributed by atoms with van der Waals surface area (Å²) in [7, 11) is 0. The second-order valence-electron chi connectivity index (χ2n) is 11.8. The topological polar surface area (TPSA) is 125 Å². The second-order valence-corrected chi connectivity index (χ2v) is 11.8. The molecule has 0 heterocycles. The van der Waals surface area contributed by atoms with Crippen molar-refractivity contribution in [1.29, 1.82) is 0 Å². The van der Waals surface area contributed by atoms with E-state index >= 15 is 0 Å². The summed E-state index contributed by atoms with van der Waals surface area (Å²) in [6, 6.07) is 49.4. The maximum absolute atomic E-state index is 12.7. The minimum atomic E-state index is -4.73. The van der Waals surface area contributed by atoms with Crippen LogP contribution in [0.3, 0.4) is 0 Å². The molecular formula is C44H40F3N3O6. The highest BCUT2D eigenvalue weighted by molar-refractivity contribution is 6.04. The molecule has 0 spiro atoms. The van der Waals surface area contributed by atoms with Gasteiger partial charge in [-0.25, -0.2) is 0 Å². The standard InChI is InChI=1S/C15H12F3NO2.C15H15NO2.C14H13NO2/c16-15(17,18)14(19-20)12-7-4-8-13(9-12)21-10-11-5-2-1-3-6-11;1-12(16-17)14-8-5-9-15(10-14)18-11-13-6-3-2-4-7-13;16-15-10-13-7-4-8-14(9-13)17-11-12-5-2-1-3-6-12/h1-9,20H,10H2;2-10,17H,11H2,1H3;1-10,16H,11H2. The van der Waals surface area contributed by atoms with Gasteiger partial charge in [0.2, 0.25) is 0 Å². The minimum Gasteiger partial charge on any atom is -0.489 e. The van der Waals surface area contributed by atoms with Crippen molar-refractivity contribution in [3.05, 3.63) is 197 Å². The van der Waals surface area contributed by atoms with E-state index in [0.29, 0.717) is 18.9 Å². The number of nitrogens with zero attached hydrogens (tertiary/aromatic N) is 3. The summed E-state index contributed by atoms with van der Waals surface area (Å²) in [5.41, 5.74) is 3.75. The van der Waals surface area contributed by atoms with E-state index in [2.05, 4.69) is 15.5 Å². The van der Waals surface area contributed by atoms with Crippen LogP contribution in [0.5, 0.6) is 17.2 Å². The first-order valence-corrected chi connectivity index (χ1v) is 17.1. The number of benzene rings is 6. The Hall–Kier alpha value is -7.08. The number of hydrogen-bond acceptors (Lipinski definition) is 9. The zero-order valence-electron chi connectivity index (χ0n) is 30.3. The highest BCUT2D eigenvalue weighted by Gasteiger charge is 2.37. The largest absolute Gasteiger partial charge is 0.489 e. The summed E-state index contributed by atoms with van der Waals surface area (Å²) in [6.07, 6.45) is -3.36. The fraction of sp³-hybridized carbons (Fsp3) is 0.114. The van der Waals surface area contributed by atoms with Gasteiger partial charge in [0.15, 0.2) is 5.71 Å². The molecule has 6 aromatic carbocycles. The number of halogens is 3. The number of ether oxygens (including phenoxy) is 3. The smallest absolute Gasteiger partial charge is 0.437 e. The van der Waals surface area contributed by atoms with Crippen LogP contribution in [0.25, 0.3) is 0 Å². The molecule has 6 rings (SSSR count). The molecule has 0 fully saturated rings. The molecule has 0 aromatic heterocycles. The van der Waals surface area contributed by atoms with Gasteiger partial charge in [0, 0.05) is 11.1 Å². The van der Waals surface area contributed by atoms with E-state index in [1.165, 1.54) is 30.5 Å². The van der Waals surface area contributed by atoms with E-state index < -0.39 is 11.9 Å². The van der Waals surface area contributed by atoms with Crippen molar-refractivity contribution < 1.29 is 43.0 Å². The Morgan fingerprint density at radius 1 is 0.518 bits per heavy atom. The summed E-state index contributed by atoms with van der Waals surface area (Å²) in [6.45, 7) is 3.04. The number of oxime groups is 3. The zero-order valence-corrected chi connectivity index (χ0v) is 30.3. The third-order valence-corrected chi connectivity index (χ3v) is 7.69. The normalized spacial score (nSPS) is 11.4. The van der Waals surface area contributed by atoms with Crippen LogP contribution < -0.4 is 14.2 Å². The molecule has 3 N–H and O–H groups in total. The Morgan fingerprint density at radius 3 is 1.34 bits per heavy atom. The Balaban J connectivity index is 0.000000188. The Morgan fingerprint density at radius 2 is 0.929 bits per heavy atom. The third kappa shape index (κ3) is 14.4. The molecule has 0 saturated carbocycles. The molecule has 0 bridgehead atoms. The van der Waals surface area contributed by atoms with Gasteiger partial charge in [-0.05, 0) is 65.6 Å². The van der Waals surface area contributed by atoms with Gasteiger partial charge in [-0.1, -0.05) is 143 Å². The molecule has 6 aromatic rings. The summed E-state index contributed by atoms with van der Waals surface area (Å²) >= 11 is 0. The van der Waals surface area contributed by atoms with Gasteiger partial charge < -0.3 is 29.8 Å². The lowest BCUT2D eigenvalue weighted by atomic mass is 10.1. The van der Waals surface area contributed by atoms with E-state index in [1.807, 2.05) is 140 Å². The fourth-order valence-electron chi connectivity index (χ4n) is 4.85. The van der Waals surface area contributed by atoms with Crippen LogP contribution in [0.2, 0.25) is 0 Å². The molecule has 0 aliphatic rings. The van der Waals surface area contributed by atoms with Gasteiger partial charge in [-0.2, -0.15) is 13.2 Å². The predicted molar refractivity (Wildman–Crippen MR) is 209 cm³/mol. The average Bonchev–Trinajstić information content (AvgIpc) is 3.23. The summed E-state index contributed by atoms with van der Waals surface area (Å²) < 4.78 is 54.7. The molecule has 12 heteroatoms. The molecule has 288 valence electrons. The van der Waals surface area contributed by atoms with Crippen LogP contribution in [-0.4, -0.2) is 39.4 Å². The summed E-state index contributed by atoms with van der Waals surface area (Å²) in [4.78, 5) is 0. The summed E-state index contributed by atoms with van der Waals surface area (Å²) in [5, 5.41) is 34.2. The van der Waals surface area contributed by atoms with Crippen LogP contribution in [-0.2, 0) is 19.8 Å². The van der Waals surface area contributed by atoms with Crippen LogP contribution in [0.1, 0.15) is 40.3 Å². The lowest BCUT2D eigenvalue weighted by molar-refractivity contribution is -0.0601. The number of alkyl halides is 3. The Kier molecular flexibility index (Phi) is 16.5. The van der Waals surface area contributed by atoms with Crippen LogP contribution in [0.4, 0.5) is 13.2 Å². The molecule has 0 saturated heterocycles. The SMILES string of the molecule is CC(=NO)c1cccc(OCc2ccccc2)c1.ON=C(c1cccc(OCc2ccccc2)c1)C(F)(F)F.ON=Cc1cccc(OCc2ccccc2)c1. The predicted octanol–water partition coefficient (Wildman–Crippen LogP) is 10.5. The van der Waals surface area contributed by atoms with Crippen molar-refractivity contribution in [2.75, 3.05) is 0 Å². The molecule has 0 radical (unpaired) electrons. The Labute approximate surface area is 322 Å². The third-order valence-electron chi connectivity index (χ3n) is 7.69. The van der Waals surface area contributed by atoms with Crippen molar-refractivity contribution >= 4 is 17.6 Å². The first-order chi connectivity index (χ1) is 27.2. The highest BCUT2D eigenvalue weighted by Crippen LogP contribution is 2.25. The Bertz CT molecular complexity index is 2150. The maximum atomic E-state index is 12.7. The summed E-state index contributed by atoms with van der Waals surface area (Å²) in [5.74, 6) is 1.78. The van der Waals surface area contributed by atoms with Gasteiger partial charge in [0.25, 0.3) is 0 Å². The van der Waals surface area contributed by atoms with E-state index in [9.17, 15) is 13.2 Å². The molecule has 0 unspecified atom stereocenters. The lowest BCUT2D eigenvalue weighted by Crippen LogP contribution is -2.24. The first-order valence-electron chi connectivity index (χ1n) is 17.1. The van der Waals surface area contributed by atoms with E-state index in [1.54, 1.807) is 6.92 Å². The van der Waals surface area contributed by atoms with E-state index in [4.69, 9.17) is 29.8 Å². The van der Waals surface area contributed by atoms with Gasteiger partial charge in [-0.15, -0.1) is 0 Å². The average molecular weight is 764 g/mol. The van der Waals surface area contributed by atoms with Crippen molar-refractivity contribution in [1.82, 2.24) is 0 Å². The molecule has 9 nitrogen and oxygen atoms in total. The lowest BCUT2D eigenvalue weighted by Gasteiger charge is -2.11. The molecule has 0 aliphatic carbocycles. The first kappa shape index (κ1) is 41.7. The van der Waals surface area contributed by atoms with Crippen molar-refractivity contribution in [3.63, 3.8) is 0 Å². The zero-order chi connectivity index (χ0) is 40.0. The number of rotatable bonds is 12. The van der Waals surface area contributed by atoms with E-state index in [-0.39, 0.29) is 17.9 Å². The quantitative estimate of drug-likeness (QED) is 0.0647. The van der Waals surface area contributed by atoms with Crippen molar-refractivity contribution in [2.24, 2.45) is 15.5 Å². The molecule has 0 atom stereocenters. The molecule has 0 aliphatic heterocycles. The van der Waals surface area contributed by atoms with Crippen molar-refractivity contribution in [3.8, 4) is 17.2 Å². The van der Waals surface area contributed by atoms with E-state index in [0.717, 1.165) is 39.3 Å². The number of hydrogen-bond donors (Lipinski definition) is 3. The van der Waals surface area contributed by atoms with Crippen LogP contribution in [0, 0.1) is 0 Å². The van der Waals surface area contributed by atoms with Crippen LogP contribution >= 0.6 is 0 Å². The maximum Gasteiger partial charge on any atom is 0.437 e. The fourth-order valence-corrected chi connectivity index (χ4v) is 4.85. The van der Waals surface area contributed by atoms with Gasteiger partial charge in [0.05, 0.1) is 11.9 Å². The van der Waals surface area contributed by atoms with Gasteiger partial charge in [0.1, 0.15) is 37.1 Å². The highest BCUT2D eigenvalue weighted by atomic mass is 19.4. The minimum absolute atomic E-state index is 0.238. The second kappa shape index (κ2) is 22.2. The molecular weight excluding hydrogens is 723 g/mol.